The maximum Gasteiger partial charge on any atom is 0.265 e. The van der Waals surface area contributed by atoms with E-state index in [1.165, 1.54) is 70.0 Å². The number of hydrogen-bond donors (Lipinski definition) is 3. The summed E-state index contributed by atoms with van der Waals surface area (Å²) in [5.41, 5.74) is 4.25. The molecular weight excluding hydrogens is 1500 g/mol. The molecule has 8 aromatic rings. The highest BCUT2D eigenvalue weighted by molar-refractivity contribution is 8.03. The third-order valence-electron chi connectivity index (χ3n) is 16.9. The van der Waals surface area contributed by atoms with E-state index in [2.05, 4.69) is 112 Å². The first-order valence-corrected chi connectivity index (χ1v) is 46.5. The maximum atomic E-state index is 11.9. The predicted octanol–water partition coefficient (Wildman–Crippen LogP) is 15.6. The highest BCUT2D eigenvalue weighted by Gasteiger charge is 2.47. The molecule has 8 aliphatic rings. The number of carbonyl (C=O) groups excluding carboxylic acids is 1. The van der Waals surface area contributed by atoms with Crippen LogP contribution < -0.4 is 18.9 Å². The molecule has 16 heterocycles. The lowest BCUT2D eigenvalue weighted by Crippen LogP contribution is -2.47. The van der Waals surface area contributed by atoms with Crippen LogP contribution in [0.4, 0.5) is 5.69 Å². The van der Waals surface area contributed by atoms with E-state index >= 15 is 0 Å². The van der Waals surface area contributed by atoms with E-state index in [9.17, 15) is 46.9 Å². The Morgan fingerprint density at radius 1 is 0.547 bits per heavy atom. The molecule has 2 atom stereocenters. The van der Waals surface area contributed by atoms with Gasteiger partial charge < -0.3 is 10.1 Å². The average Bonchev–Trinajstić information content (AvgIpc) is 1.39. The zero-order valence-electron chi connectivity index (χ0n) is 56.0. The Morgan fingerprint density at radius 2 is 1.09 bits per heavy atom. The molecule has 16 nitrogen and oxygen atoms in total. The first kappa shape index (κ1) is 76.2. The number of nitrogens with zero attached hydrogens (tertiary/aromatic N) is 1. The number of ether oxygens (including phenoxy) is 1. The van der Waals surface area contributed by atoms with Crippen molar-refractivity contribution in [2.24, 2.45) is 0 Å². The summed E-state index contributed by atoms with van der Waals surface area (Å²) in [5, 5.41) is 21.3. The number of amides is 1. The number of rotatable bonds is 0. The lowest BCUT2D eigenvalue weighted by atomic mass is 9.89. The predicted molar refractivity (Wildman–Crippen MR) is 401 cm³/mol. The monoisotopic (exact) mass is 1580 g/mol. The van der Waals surface area contributed by atoms with Gasteiger partial charge in [0.15, 0.2) is 9.84 Å². The summed E-state index contributed by atoms with van der Waals surface area (Å²) >= 11 is 14.9. The highest BCUT2D eigenvalue weighted by atomic mass is 32.3. The van der Waals surface area contributed by atoms with E-state index in [0.29, 0.717) is 42.5 Å². The van der Waals surface area contributed by atoms with Crippen molar-refractivity contribution >= 4 is 176 Å². The fourth-order valence-electron chi connectivity index (χ4n) is 11.5. The van der Waals surface area contributed by atoms with Crippen LogP contribution in [-0.2, 0) is 104 Å². The molecule has 95 heavy (non-hydrogen) atoms. The summed E-state index contributed by atoms with van der Waals surface area (Å²) in [7, 11) is -14.0. The van der Waals surface area contributed by atoms with Crippen LogP contribution in [0.25, 0.3) is 0 Å². The number of thioether (sulfide) groups is 1. The lowest BCUT2D eigenvalue weighted by Gasteiger charge is -2.34. The first-order valence-electron chi connectivity index (χ1n) is 29.9. The van der Waals surface area contributed by atoms with Crippen LogP contribution in [0.15, 0.2) is 115 Å². The fraction of sp³-hybridized carbons (Fsp3) is 0.484. The molecule has 1 amide bonds. The molecule has 2 unspecified atom stereocenters. The van der Waals surface area contributed by atoms with E-state index in [1.54, 1.807) is 120 Å². The standard InChI is InChI=1S/C9H13NO2S2.C8H9NO3S2.C8H11NS.C8H10O2S2.C8H10OS2.C8H10OS.C8H10S2.C7H9NO3S3/c1-9(2)6-10(3)14(11,12)7-4-5-13-8(7)9;1-8(2)6-5(3-4-13-6)7(10)9-14(8,11)12;1-8(2)5-9-7-4-10-3-6(7)8;1-8(2)5-12(9,10)6-3-4-11-7(6)8;1-8(2)5-11(9)6-3-4-10-7(6)8;1-8(2)5-9-6-3-4-10-7(6)8;1-8(2)5-10-6-3-4-9-7(6)8;1-7(2)6-5(3-4-12-6)14(10,11)8-13(7)9/h4-5H,6H2,1-3H3;3-4H,1-2H3,(H,9,10);3-4,9H,5H2,1-2H3;3-4H,5H2,1-2H3;3-4H,5H2,1-2H3;2*3-4H,5H2,1-2H3;3-4,8H,1-2H3. The van der Waals surface area contributed by atoms with Crippen LogP contribution in [0.1, 0.15) is 161 Å². The molecule has 0 fully saturated rings. The third kappa shape index (κ3) is 15.5. The van der Waals surface area contributed by atoms with Crippen LogP contribution in [0.5, 0.6) is 5.75 Å². The largest absolute Gasteiger partial charge is 0.491 e. The molecule has 0 saturated heterocycles. The second kappa shape index (κ2) is 27.4. The Kier molecular flexibility index (Phi) is 22.0. The number of likely N-dealkylation sites (N-methyl/N-ethyl adjacent to an activating group) is 1. The van der Waals surface area contributed by atoms with E-state index in [1.807, 2.05) is 63.9 Å². The summed E-state index contributed by atoms with van der Waals surface area (Å²) in [6.07, 6.45) is 0. The second-order valence-electron chi connectivity index (χ2n) is 28.6. The van der Waals surface area contributed by atoms with Crippen molar-refractivity contribution in [1.29, 1.82) is 0 Å². The molecule has 0 bridgehead atoms. The van der Waals surface area contributed by atoms with Crippen LogP contribution in [0.3, 0.4) is 0 Å². The molecule has 31 heteroatoms. The van der Waals surface area contributed by atoms with Crippen LogP contribution in [0.2, 0.25) is 0 Å². The minimum Gasteiger partial charge on any atom is -0.491 e. The minimum atomic E-state index is -3.58. The van der Waals surface area contributed by atoms with Gasteiger partial charge in [0.1, 0.15) is 21.5 Å². The topological polar surface area (TPSA) is 236 Å². The molecule has 0 aliphatic carbocycles. The summed E-state index contributed by atoms with van der Waals surface area (Å²) in [5.74, 6) is 2.89. The quantitative estimate of drug-likeness (QED) is 0.128. The zero-order valence-corrected chi connectivity index (χ0v) is 68.2. The Labute approximate surface area is 602 Å². The Bertz CT molecular complexity index is 4540. The molecule has 0 aromatic carbocycles. The molecule has 8 aliphatic heterocycles. The molecule has 0 saturated carbocycles. The molecule has 0 radical (unpaired) electrons. The van der Waals surface area contributed by atoms with Gasteiger partial charge >= 0.3 is 0 Å². The number of hydrogen-bond acceptors (Lipinski definition) is 22. The van der Waals surface area contributed by atoms with E-state index < -0.39 is 77.1 Å². The van der Waals surface area contributed by atoms with Crippen molar-refractivity contribution in [2.75, 3.05) is 49.3 Å². The van der Waals surface area contributed by atoms with Crippen molar-refractivity contribution in [2.45, 2.75) is 177 Å². The Balaban J connectivity index is 0.000000128. The molecular formula is C64H82N4O12S15. The summed E-state index contributed by atoms with van der Waals surface area (Å²) < 4.78 is 126. The Morgan fingerprint density at radius 3 is 1.72 bits per heavy atom. The first-order chi connectivity index (χ1) is 43.7. The zero-order chi connectivity index (χ0) is 70.3. The molecule has 0 spiro atoms. The van der Waals surface area contributed by atoms with Gasteiger partial charge in [-0.2, -0.15) is 4.31 Å². The van der Waals surface area contributed by atoms with Gasteiger partial charge in [0.05, 0.1) is 57.9 Å². The van der Waals surface area contributed by atoms with Crippen molar-refractivity contribution in [1.82, 2.24) is 13.2 Å². The average molecular weight is 1580 g/mol. The Hall–Kier alpha value is -2.96. The number of sulfonamides is 3. The van der Waals surface area contributed by atoms with Crippen molar-refractivity contribution in [3.63, 3.8) is 0 Å². The SMILES string of the molecule is CC1(C)CNc2cscc21.CC1(C)COc2ccsc21.CC1(C)CS(=O)(=O)c2ccsc21.CC1(C)CS(=O)c2ccsc21.CC1(C)CSc2ccsc21.CC1(C)c2sccc2C(=O)NS1(=O)=O.CC1(C)c2sccc2S(=O)(=O)NS1=O.CN1CC(C)(C)c2sccc2S1(=O)=O. The van der Waals surface area contributed by atoms with Crippen molar-refractivity contribution in [3.8, 4) is 5.75 Å². The second-order valence-corrected chi connectivity index (χ2v) is 48.1. The smallest absolute Gasteiger partial charge is 0.265 e. The van der Waals surface area contributed by atoms with E-state index in [4.69, 9.17) is 4.74 Å². The van der Waals surface area contributed by atoms with Gasteiger partial charge in [-0.25, -0.2) is 42.6 Å². The van der Waals surface area contributed by atoms with Gasteiger partial charge in [-0.05, 0) is 119 Å². The summed E-state index contributed by atoms with van der Waals surface area (Å²) in [6, 6.07) is 12.9. The van der Waals surface area contributed by atoms with Crippen molar-refractivity contribution in [3.05, 3.63) is 136 Å². The fourth-order valence-corrected chi connectivity index (χ4v) is 33.1. The van der Waals surface area contributed by atoms with Gasteiger partial charge in [-0.15, -0.1) is 107 Å². The van der Waals surface area contributed by atoms with E-state index in [-0.39, 0.29) is 32.3 Å². The third-order valence-corrected chi connectivity index (χ3v) is 40.2. The maximum absolute atomic E-state index is 11.9. The lowest BCUT2D eigenvalue weighted by molar-refractivity contribution is 0.0975. The van der Waals surface area contributed by atoms with Gasteiger partial charge in [-0.3, -0.25) is 9.00 Å². The summed E-state index contributed by atoms with van der Waals surface area (Å²) in [4.78, 5) is 22.8. The normalized spacial score (nSPS) is 23.7. The number of nitrogens with one attached hydrogen (secondary N) is 3. The summed E-state index contributed by atoms with van der Waals surface area (Å²) in [6.45, 7) is 35.3. The van der Waals surface area contributed by atoms with Gasteiger partial charge in [0, 0.05) is 109 Å². The molecule has 16 rings (SSSR count). The number of carbonyl (C=O) groups is 1. The molecule has 3 N–H and O–H groups in total. The number of thiophene rings is 8. The molecule has 8 aromatic heterocycles. The van der Waals surface area contributed by atoms with Crippen molar-refractivity contribution < 1.29 is 51.6 Å². The van der Waals surface area contributed by atoms with Crippen LogP contribution >= 0.6 is 102 Å². The number of sulfone groups is 1. The number of anilines is 1. The number of fused-ring (bicyclic) bond motifs is 8. The van der Waals surface area contributed by atoms with Gasteiger partial charge in [-0.1, -0.05) is 83.1 Å². The van der Waals surface area contributed by atoms with Crippen LogP contribution in [-0.4, -0.2) is 96.3 Å². The van der Waals surface area contributed by atoms with E-state index in [0.717, 1.165) is 39.3 Å². The highest BCUT2D eigenvalue weighted by Crippen LogP contribution is 2.48. The minimum absolute atomic E-state index is 0.0659. The van der Waals surface area contributed by atoms with Gasteiger partial charge in [0.25, 0.3) is 15.9 Å². The van der Waals surface area contributed by atoms with Gasteiger partial charge in [0.2, 0.25) is 20.0 Å². The molecule has 520 valence electrons. The van der Waals surface area contributed by atoms with Crippen LogP contribution in [0, 0.1) is 0 Å².